The van der Waals surface area contributed by atoms with Crippen molar-refractivity contribution in [3.63, 3.8) is 0 Å². The first-order valence-electron chi connectivity index (χ1n) is 6.04. The van der Waals surface area contributed by atoms with Crippen molar-refractivity contribution in [1.82, 2.24) is 5.32 Å². The fourth-order valence-corrected chi connectivity index (χ4v) is 2.82. The summed E-state index contributed by atoms with van der Waals surface area (Å²) in [6.07, 6.45) is 1.91. The van der Waals surface area contributed by atoms with Gasteiger partial charge in [0, 0.05) is 24.1 Å². The van der Waals surface area contributed by atoms with Gasteiger partial charge in [-0.25, -0.2) is 0 Å². The Morgan fingerprint density at radius 3 is 2.71 bits per heavy atom. The van der Waals surface area contributed by atoms with E-state index in [-0.39, 0.29) is 12.0 Å². The smallest absolute Gasteiger partial charge is 0.0931 e. The molecule has 1 aromatic heterocycles. The molecule has 0 bridgehead atoms. The summed E-state index contributed by atoms with van der Waals surface area (Å²) in [4.78, 5) is 1.27. The number of aliphatic hydroxyl groups excluding tert-OH is 1. The van der Waals surface area contributed by atoms with Gasteiger partial charge >= 0.3 is 0 Å². The van der Waals surface area contributed by atoms with Crippen molar-refractivity contribution in [2.75, 3.05) is 13.2 Å². The third-order valence-corrected chi connectivity index (χ3v) is 4.33. The zero-order valence-corrected chi connectivity index (χ0v) is 12.4. The normalized spacial score (nSPS) is 13.9. The first-order chi connectivity index (χ1) is 7.94. The number of halogens is 1. The van der Waals surface area contributed by atoms with E-state index in [9.17, 15) is 0 Å². The number of hydrogen-bond acceptors (Lipinski definition) is 3. The molecule has 0 amide bonds. The molecular formula is C13H22ClNOS. The molecule has 17 heavy (non-hydrogen) atoms. The maximum Gasteiger partial charge on any atom is 0.0931 e. The van der Waals surface area contributed by atoms with Crippen molar-refractivity contribution >= 4 is 22.9 Å². The molecule has 0 aliphatic heterocycles. The Bertz CT molecular complexity index is 338. The molecular weight excluding hydrogens is 254 g/mol. The molecule has 2 nitrogen and oxygen atoms in total. The highest BCUT2D eigenvalue weighted by Gasteiger charge is 2.18. The van der Waals surface area contributed by atoms with Crippen LogP contribution < -0.4 is 5.32 Å². The number of thiophene rings is 1. The van der Waals surface area contributed by atoms with Gasteiger partial charge in [-0.15, -0.1) is 11.3 Å². The molecule has 4 heteroatoms. The van der Waals surface area contributed by atoms with Crippen molar-refractivity contribution in [2.45, 2.75) is 39.7 Å². The van der Waals surface area contributed by atoms with Gasteiger partial charge in [-0.1, -0.05) is 25.4 Å². The maximum atomic E-state index is 8.85. The average Bonchev–Trinajstić information content (AvgIpc) is 2.70. The van der Waals surface area contributed by atoms with Gasteiger partial charge in [-0.3, -0.25) is 0 Å². The minimum absolute atomic E-state index is 0.220. The Morgan fingerprint density at radius 2 is 2.18 bits per heavy atom. The van der Waals surface area contributed by atoms with Crippen LogP contribution in [-0.2, 0) is 0 Å². The van der Waals surface area contributed by atoms with Crippen molar-refractivity contribution in [2.24, 2.45) is 5.41 Å². The van der Waals surface area contributed by atoms with E-state index in [1.807, 2.05) is 6.07 Å². The molecule has 0 aliphatic carbocycles. The number of nitrogens with one attached hydrogen (secondary N) is 1. The largest absolute Gasteiger partial charge is 0.396 e. The molecule has 1 aromatic rings. The molecule has 1 rings (SSSR count). The van der Waals surface area contributed by atoms with E-state index in [0.717, 1.165) is 23.7 Å². The molecule has 1 unspecified atom stereocenters. The van der Waals surface area contributed by atoms with E-state index in [2.05, 4.69) is 32.2 Å². The predicted octanol–water partition coefficient (Wildman–Crippen LogP) is 3.85. The number of aliphatic hydroxyl groups is 1. The number of rotatable bonds is 7. The molecule has 0 saturated carbocycles. The Kier molecular flexibility index (Phi) is 5.93. The van der Waals surface area contributed by atoms with Crippen LogP contribution in [0.4, 0.5) is 0 Å². The lowest BCUT2D eigenvalue weighted by molar-refractivity contribution is 0.233. The molecule has 1 atom stereocenters. The van der Waals surface area contributed by atoms with E-state index in [4.69, 9.17) is 16.7 Å². The SMILES string of the molecule is CC(NCC(C)(C)CCCO)c1ccc(Cl)s1. The first-order valence-corrected chi connectivity index (χ1v) is 7.23. The molecule has 0 aromatic carbocycles. The van der Waals surface area contributed by atoms with Crippen LogP contribution in [0.3, 0.4) is 0 Å². The van der Waals surface area contributed by atoms with Gasteiger partial charge < -0.3 is 10.4 Å². The summed E-state index contributed by atoms with van der Waals surface area (Å²) in [7, 11) is 0. The van der Waals surface area contributed by atoms with Crippen LogP contribution in [0.25, 0.3) is 0 Å². The molecule has 0 radical (unpaired) electrons. The van der Waals surface area contributed by atoms with Crippen molar-refractivity contribution in [1.29, 1.82) is 0 Å². The lowest BCUT2D eigenvalue weighted by Gasteiger charge is -2.26. The summed E-state index contributed by atoms with van der Waals surface area (Å²) in [6.45, 7) is 7.83. The predicted molar refractivity (Wildman–Crippen MR) is 75.8 cm³/mol. The van der Waals surface area contributed by atoms with E-state index in [1.165, 1.54) is 4.88 Å². The quantitative estimate of drug-likeness (QED) is 0.792. The Labute approximate surface area is 113 Å². The second kappa shape index (κ2) is 6.74. The van der Waals surface area contributed by atoms with Crippen LogP contribution in [0.5, 0.6) is 0 Å². The Balaban J connectivity index is 2.39. The molecule has 1 heterocycles. The molecule has 0 aliphatic rings. The van der Waals surface area contributed by atoms with Gasteiger partial charge in [0.25, 0.3) is 0 Å². The Morgan fingerprint density at radius 1 is 1.47 bits per heavy atom. The van der Waals surface area contributed by atoms with Crippen molar-refractivity contribution < 1.29 is 5.11 Å². The Hall–Kier alpha value is -0.0900. The highest BCUT2D eigenvalue weighted by atomic mass is 35.5. The monoisotopic (exact) mass is 275 g/mol. The van der Waals surface area contributed by atoms with Crippen LogP contribution in [-0.4, -0.2) is 18.3 Å². The van der Waals surface area contributed by atoms with Crippen LogP contribution in [0, 0.1) is 5.41 Å². The first kappa shape index (κ1) is 15.0. The second-order valence-electron chi connectivity index (χ2n) is 5.24. The second-order valence-corrected chi connectivity index (χ2v) is 6.98. The summed E-state index contributed by atoms with van der Waals surface area (Å²) in [5.41, 5.74) is 0.220. The fraction of sp³-hybridized carbons (Fsp3) is 0.692. The van der Waals surface area contributed by atoms with Crippen LogP contribution in [0.2, 0.25) is 4.34 Å². The lowest BCUT2D eigenvalue weighted by Crippen LogP contribution is -2.31. The molecule has 0 spiro atoms. The molecule has 0 saturated heterocycles. The minimum atomic E-state index is 0.220. The zero-order valence-electron chi connectivity index (χ0n) is 10.8. The average molecular weight is 276 g/mol. The van der Waals surface area contributed by atoms with Crippen LogP contribution in [0.15, 0.2) is 12.1 Å². The van der Waals surface area contributed by atoms with E-state index in [0.29, 0.717) is 6.04 Å². The van der Waals surface area contributed by atoms with Gasteiger partial charge in [0.2, 0.25) is 0 Å². The lowest BCUT2D eigenvalue weighted by atomic mass is 9.87. The summed E-state index contributed by atoms with van der Waals surface area (Å²) >= 11 is 7.55. The summed E-state index contributed by atoms with van der Waals surface area (Å²) in [6, 6.07) is 4.35. The highest BCUT2D eigenvalue weighted by Crippen LogP contribution is 2.28. The van der Waals surface area contributed by atoms with Gasteiger partial charge in [-0.2, -0.15) is 0 Å². The van der Waals surface area contributed by atoms with Crippen molar-refractivity contribution in [3.8, 4) is 0 Å². The highest BCUT2D eigenvalue weighted by molar-refractivity contribution is 7.16. The molecule has 0 fully saturated rings. The minimum Gasteiger partial charge on any atom is -0.396 e. The van der Waals surface area contributed by atoms with Crippen LogP contribution >= 0.6 is 22.9 Å². The third kappa shape index (κ3) is 5.38. The molecule has 2 N–H and O–H groups in total. The fourth-order valence-electron chi connectivity index (χ4n) is 1.74. The van der Waals surface area contributed by atoms with Gasteiger partial charge in [0.05, 0.1) is 4.34 Å². The zero-order chi connectivity index (χ0) is 12.9. The van der Waals surface area contributed by atoms with E-state index in [1.54, 1.807) is 11.3 Å². The summed E-state index contributed by atoms with van der Waals surface area (Å²) < 4.78 is 0.841. The molecule has 98 valence electrons. The van der Waals surface area contributed by atoms with Gasteiger partial charge in [-0.05, 0) is 37.3 Å². The van der Waals surface area contributed by atoms with Gasteiger partial charge in [0.1, 0.15) is 0 Å². The summed E-state index contributed by atoms with van der Waals surface area (Å²) in [5.74, 6) is 0. The summed E-state index contributed by atoms with van der Waals surface area (Å²) in [5, 5.41) is 12.4. The maximum absolute atomic E-state index is 8.85. The van der Waals surface area contributed by atoms with E-state index < -0.39 is 0 Å². The van der Waals surface area contributed by atoms with Crippen LogP contribution in [0.1, 0.15) is 44.5 Å². The number of hydrogen-bond donors (Lipinski definition) is 2. The van der Waals surface area contributed by atoms with Gasteiger partial charge in [0.15, 0.2) is 0 Å². The third-order valence-electron chi connectivity index (χ3n) is 2.92. The topological polar surface area (TPSA) is 32.3 Å². The van der Waals surface area contributed by atoms with E-state index >= 15 is 0 Å². The standard InChI is InChI=1S/C13H22ClNOS/c1-10(11-5-6-12(14)17-11)15-9-13(2,3)7-4-8-16/h5-6,10,15-16H,4,7-9H2,1-3H3. The van der Waals surface area contributed by atoms with Crippen molar-refractivity contribution in [3.05, 3.63) is 21.3 Å².